The van der Waals surface area contributed by atoms with Crippen molar-refractivity contribution in [3.05, 3.63) is 162 Å². The molecule has 4 bridgehead atoms. The number of rotatable bonds is 6. The van der Waals surface area contributed by atoms with Crippen LogP contribution >= 0.6 is 0 Å². The first-order chi connectivity index (χ1) is 27.6. The number of aromatic nitrogens is 2. The van der Waals surface area contributed by atoms with Crippen molar-refractivity contribution in [1.82, 2.24) is 9.55 Å². The minimum Gasteiger partial charge on any atom is -0.355 e. The Morgan fingerprint density at radius 2 is 1.35 bits per heavy atom. The normalized spacial score (nSPS) is 25.6. The van der Waals surface area contributed by atoms with Gasteiger partial charge in [0.25, 0.3) is 5.92 Å². The topological polar surface area (TPSA) is 24.3 Å². The maximum absolute atomic E-state index is 17.0. The second-order valence-electron chi connectivity index (χ2n) is 16.1. The highest BCUT2D eigenvalue weighted by molar-refractivity contribution is 6.09. The molecule has 0 spiro atoms. The molecule has 0 saturated heterocycles. The molecular weight excluding hydrogens is 671 g/mol. The lowest BCUT2D eigenvalue weighted by Crippen LogP contribution is -2.56. The van der Waals surface area contributed by atoms with Gasteiger partial charge < -0.3 is 9.80 Å². The van der Waals surface area contributed by atoms with Crippen LogP contribution in [0.3, 0.4) is 0 Å². The Bertz CT molecular complexity index is 2660. The van der Waals surface area contributed by atoms with Crippen molar-refractivity contribution in [2.45, 2.75) is 43.4 Å². The lowest BCUT2D eigenvalue weighted by Gasteiger charge is -2.62. The fourth-order valence-corrected chi connectivity index (χ4v) is 11.4. The van der Waals surface area contributed by atoms with Crippen LogP contribution in [0.15, 0.2) is 140 Å². The molecule has 268 valence electrons. The molecule has 7 aromatic rings. The molecule has 4 saturated carbocycles. The van der Waals surface area contributed by atoms with Crippen LogP contribution in [0.1, 0.15) is 58.5 Å². The highest BCUT2D eigenvalue weighted by Gasteiger charge is 2.58. The molecule has 5 aliphatic rings. The fourth-order valence-electron chi connectivity index (χ4n) is 11.4. The Morgan fingerprint density at radius 1 is 0.648 bits per heavy atom. The van der Waals surface area contributed by atoms with E-state index in [1.54, 1.807) is 35.2 Å². The summed E-state index contributed by atoms with van der Waals surface area (Å²) in [5, 5.41) is 1.87. The van der Waals surface area contributed by atoms with Gasteiger partial charge in [0.15, 0.2) is 0 Å². The lowest BCUT2D eigenvalue weighted by atomic mass is 9.42. The molecule has 54 heavy (non-hydrogen) atoms. The minimum absolute atomic E-state index is 0.0250. The summed E-state index contributed by atoms with van der Waals surface area (Å²) in [4.78, 5) is 8.10. The van der Waals surface area contributed by atoms with Crippen LogP contribution in [0.4, 0.5) is 25.8 Å². The zero-order valence-corrected chi connectivity index (χ0v) is 29.9. The quantitative estimate of drug-likeness (QED) is 0.171. The number of pyridine rings is 1. The van der Waals surface area contributed by atoms with Crippen LogP contribution < -0.4 is 9.80 Å². The molecule has 4 aliphatic carbocycles. The van der Waals surface area contributed by atoms with Gasteiger partial charge in [-0.2, -0.15) is 8.78 Å². The number of nitrogens with zero attached hydrogens (tertiary/aromatic N) is 4. The maximum Gasteiger partial charge on any atom is 0.298 e. The highest BCUT2D eigenvalue weighted by atomic mass is 19.3. The smallest absolute Gasteiger partial charge is 0.298 e. The average molecular weight is 716 g/mol. The Morgan fingerprint density at radius 3 is 2.15 bits per heavy atom. The van der Waals surface area contributed by atoms with E-state index in [1.807, 2.05) is 36.5 Å². The molecule has 0 amide bonds. The molecule has 4 nitrogen and oxygen atoms in total. The third-order valence-electron chi connectivity index (χ3n) is 13.4. The number of anilines is 3. The monoisotopic (exact) mass is 715 g/mol. The summed E-state index contributed by atoms with van der Waals surface area (Å²) in [6.45, 7) is -2.36. The molecule has 1 aliphatic heterocycles. The lowest BCUT2D eigenvalue weighted by molar-refractivity contribution is -0.0418. The Labute approximate surface area is 318 Å². The van der Waals surface area contributed by atoms with E-state index in [0.717, 1.165) is 33.9 Å². The zero-order chi connectivity index (χ0) is 38.7. The predicted molar refractivity (Wildman–Crippen MR) is 214 cm³/mol. The largest absolute Gasteiger partial charge is 0.355 e. The number of halogens is 2. The maximum atomic E-state index is 17.0. The Balaban J connectivity index is 1.03. The number of para-hydroxylation sites is 3. The van der Waals surface area contributed by atoms with Gasteiger partial charge in [-0.05, 0) is 115 Å². The van der Waals surface area contributed by atoms with E-state index in [0.29, 0.717) is 34.4 Å². The summed E-state index contributed by atoms with van der Waals surface area (Å²) in [6, 6.07) is 42.1. The number of fused-ring (bicyclic) bond motifs is 4. The van der Waals surface area contributed by atoms with E-state index in [-0.39, 0.29) is 23.2 Å². The first-order valence-corrected chi connectivity index (χ1v) is 19.3. The van der Waals surface area contributed by atoms with E-state index in [2.05, 4.69) is 59.2 Å². The van der Waals surface area contributed by atoms with Crippen LogP contribution in [-0.4, -0.2) is 23.2 Å². The van der Waals surface area contributed by atoms with Crippen LogP contribution in [0.5, 0.6) is 0 Å². The summed E-state index contributed by atoms with van der Waals surface area (Å²) < 4.78 is 60.4. The minimum atomic E-state index is -3.36. The van der Waals surface area contributed by atoms with Gasteiger partial charge in [-0.25, -0.2) is 4.98 Å². The van der Waals surface area contributed by atoms with E-state index < -0.39 is 12.9 Å². The number of hydrogen-bond acceptors (Lipinski definition) is 3. The van der Waals surface area contributed by atoms with Gasteiger partial charge in [-0.15, -0.1) is 0 Å². The molecule has 0 atom stereocenters. The molecule has 0 unspecified atom stereocenters. The van der Waals surface area contributed by atoms with E-state index >= 15 is 8.78 Å². The van der Waals surface area contributed by atoms with Crippen molar-refractivity contribution in [2.24, 2.45) is 23.7 Å². The molecule has 12 rings (SSSR count). The molecule has 6 heteroatoms. The summed E-state index contributed by atoms with van der Waals surface area (Å²) >= 11 is 0. The third kappa shape index (κ3) is 4.55. The van der Waals surface area contributed by atoms with E-state index in [1.165, 1.54) is 66.3 Å². The molecule has 0 radical (unpaired) electrons. The highest BCUT2D eigenvalue weighted by Crippen LogP contribution is 2.65. The van der Waals surface area contributed by atoms with Crippen molar-refractivity contribution in [2.75, 3.05) is 23.4 Å². The first-order valence-electron chi connectivity index (χ1n) is 20.8. The summed E-state index contributed by atoms with van der Waals surface area (Å²) in [5.74, 6) is 0.0864. The molecular formula is C48H42F2N4. The summed E-state index contributed by atoms with van der Waals surface area (Å²) in [6.07, 6.45) is 8.28. The Hall–Kier alpha value is -5.49. The van der Waals surface area contributed by atoms with Gasteiger partial charge >= 0.3 is 0 Å². The van der Waals surface area contributed by atoms with Crippen molar-refractivity contribution >= 4 is 38.9 Å². The van der Waals surface area contributed by atoms with Crippen molar-refractivity contribution < 1.29 is 12.9 Å². The van der Waals surface area contributed by atoms with Gasteiger partial charge in [-0.3, -0.25) is 4.57 Å². The molecule has 4 fully saturated rings. The van der Waals surface area contributed by atoms with Gasteiger partial charge in [0, 0.05) is 50.3 Å². The number of alkyl halides is 2. The van der Waals surface area contributed by atoms with Crippen LogP contribution in [0.25, 0.3) is 27.6 Å². The number of benzene rings is 5. The standard InChI is InChI=1S/C48H42F2N4/c1-52-30-53(44-17-8-7-16-43(44)52)39-13-9-12-35(27-39)48(49,50)36-18-19-41-40-14-5-6-15-42(40)54(45(41)28-36)46-29-34(20-21-51-46)47(33-10-3-2-4-11-33)37-23-31-22-32(25-37)26-38(47)24-31/h2-21,27-29,31-32,37-38H,22-26,30H2,1H3/i1D3. The van der Waals surface area contributed by atoms with E-state index in [9.17, 15) is 0 Å². The van der Waals surface area contributed by atoms with Crippen molar-refractivity contribution in [3.8, 4) is 5.82 Å². The van der Waals surface area contributed by atoms with Gasteiger partial charge in [0.2, 0.25) is 0 Å². The summed E-state index contributed by atoms with van der Waals surface area (Å²) in [5.41, 5.74) is 5.55. The molecule has 5 aromatic carbocycles. The second kappa shape index (κ2) is 11.8. The van der Waals surface area contributed by atoms with Gasteiger partial charge in [-0.1, -0.05) is 84.9 Å². The third-order valence-corrected chi connectivity index (χ3v) is 13.4. The van der Waals surface area contributed by atoms with Crippen LogP contribution in [0.2, 0.25) is 0 Å². The van der Waals surface area contributed by atoms with Crippen LogP contribution in [0, 0.1) is 23.7 Å². The second-order valence-corrected chi connectivity index (χ2v) is 16.1. The molecule has 3 heterocycles. The molecule has 2 aromatic heterocycles. The van der Waals surface area contributed by atoms with E-state index in [4.69, 9.17) is 9.10 Å². The number of hydrogen-bond donors (Lipinski definition) is 0. The average Bonchev–Trinajstić information content (AvgIpc) is 3.78. The van der Waals surface area contributed by atoms with Gasteiger partial charge in [0.05, 0.1) is 29.1 Å². The van der Waals surface area contributed by atoms with Crippen molar-refractivity contribution in [3.63, 3.8) is 0 Å². The Kier molecular flexibility index (Phi) is 6.30. The fraction of sp³-hybridized carbons (Fsp3) is 0.271. The van der Waals surface area contributed by atoms with Crippen molar-refractivity contribution in [1.29, 1.82) is 0 Å². The predicted octanol–water partition coefficient (Wildman–Crippen LogP) is 11.6. The van der Waals surface area contributed by atoms with Gasteiger partial charge in [0.1, 0.15) is 5.82 Å². The summed E-state index contributed by atoms with van der Waals surface area (Å²) in [7, 11) is 0. The van der Waals surface area contributed by atoms with Crippen LogP contribution in [-0.2, 0) is 11.3 Å². The molecule has 0 N–H and O–H groups in total. The SMILES string of the molecule is [2H]C([2H])([2H])N1CN(c2cccc(C(F)(F)c3ccc4c5ccccc5n(-c5cc(C6(c7ccccc7)C7CC8CC(C7)CC6C8)ccn5)c4c3)c2)c2ccccc21. The first kappa shape index (κ1) is 28.9. The zero-order valence-electron chi connectivity index (χ0n) is 32.9.